The number of alkyl halides is 3. The van der Waals surface area contributed by atoms with Gasteiger partial charge in [-0.15, -0.1) is 0 Å². The van der Waals surface area contributed by atoms with Crippen molar-refractivity contribution in [2.24, 2.45) is 0 Å². The topological polar surface area (TPSA) is 59.6 Å². The first-order chi connectivity index (χ1) is 11.2. The van der Waals surface area contributed by atoms with E-state index in [0.29, 0.717) is 31.8 Å². The van der Waals surface area contributed by atoms with Crippen LogP contribution < -0.4 is 15.4 Å². The maximum absolute atomic E-state index is 13.3. The van der Waals surface area contributed by atoms with Crippen molar-refractivity contribution in [2.75, 3.05) is 20.3 Å². The van der Waals surface area contributed by atoms with Crippen molar-refractivity contribution in [3.8, 4) is 5.75 Å². The molecule has 1 aromatic rings. The summed E-state index contributed by atoms with van der Waals surface area (Å²) in [5, 5.41) is 4.66. The van der Waals surface area contributed by atoms with E-state index in [1.54, 1.807) is 6.92 Å². The van der Waals surface area contributed by atoms with Crippen LogP contribution >= 0.6 is 0 Å². The van der Waals surface area contributed by atoms with Gasteiger partial charge in [-0.3, -0.25) is 0 Å². The Bertz CT molecular complexity index is 555. The molecular formula is C16H21F3N2O3. The number of ether oxygens (including phenoxy) is 2. The molecule has 0 bridgehead atoms. The van der Waals surface area contributed by atoms with Gasteiger partial charge in [0.15, 0.2) is 6.04 Å². The quantitative estimate of drug-likeness (QED) is 0.880. The zero-order valence-electron chi connectivity index (χ0n) is 13.6. The number of hydrogen-bond acceptors (Lipinski definition) is 3. The van der Waals surface area contributed by atoms with Gasteiger partial charge in [0.2, 0.25) is 0 Å². The number of carbonyl (C=O) groups is 1. The van der Waals surface area contributed by atoms with Gasteiger partial charge in [-0.2, -0.15) is 13.2 Å². The molecule has 1 fully saturated rings. The summed E-state index contributed by atoms with van der Waals surface area (Å²) in [5.41, 5.74) is -0.631. The van der Waals surface area contributed by atoms with Crippen LogP contribution in [0.2, 0.25) is 0 Å². The van der Waals surface area contributed by atoms with Gasteiger partial charge in [-0.25, -0.2) is 4.79 Å². The standard InChI is InChI=1S/C16H21F3N2O3/c1-15(7-9-24-10-8-15)21-14(22)20-13(16(17,18)19)11-3-5-12(23-2)6-4-11/h3-6,13H,7-10H2,1-2H3,(H2,20,21,22)/t13-/m0/s1. The fourth-order valence-electron chi connectivity index (χ4n) is 2.54. The Morgan fingerprint density at radius 2 is 1.83 bits per heavy atom. The Morgan fingerprint density at radius 1 is 1.25 bits per heavy atom. The Balaban J connectivity index is 2.09. The predicted octanol–water partition coefficient (Wildman–Crippen LogP) is 3.17. The highest BCUT2D eigenvalue weighted by atomic mass is 19.4. The number of amides is 2. The molecule has 0 spiro atoms. The first-order valence-corrected chi connectivity index (χ1v) is 7.61. The molecule has 1 aliphatic heterocycles. The van der Waals surface area contributed by atoms with Crippen LogP contribution in [0.15, 0.2) is 24.3 Å². The second kappa shape index (κ2) is 7.29. The van der Waals surface area contributed by atoms with Gasteiger partial charge in [-0.05, 0) is 37.5 Å². The number of carbonyl (C=O) groups excluding carboxylic acids is 1. The molecule has 1 saturated heterocycles. The summed E-state index contributed by atoms with van der Waals surface area (Å²) in [5.74, 6) is 0.443. The first-order valence-electron chi connectivity index (χ1n) is 7.61. The van der Waals surface area contributed by atoms with E-state index in [2.05, 4.69) is 5.32 Å². The molecule has 134 valence electrons. The molecule has 1 heterocycles. The Morgan fingerprint density at radius 3 is 2.33 bits per heavy atom. The lowest BCUT2D eigenvalue weighted by molar-refractivity contribution is -0.155. The average molecular weight is 346 g/mol. The number of methoxy groups -OCH3 is 1. The minimum absolute atomic E-state index is 0.0596. The fourth-order valence-corrected chi connectivity index (χ4v) is 2.54. The van der Waals surface area contributed by atoms with Crippen LogP contribution in [-0.2, 0) is 4.74 Å². The second-order valence-electron chi connectivity index (χ2n) is 6.02. The molecule has 0 radical (unpaired) electrons. The first kappa shape index (κ1) is 18.4. The van der Waals surface area contributed by atoms with Crippen LogP contribution in [0.3, 0.4) is 0 Å². The number of halogens is 3. The molecule has 0 saturated carbocycles. The molecule has 2 rings (SSSR count). The fraction of sp³-hybridized carbons (Fsp3) is 0.562. The SMILES string of the molecule is COc1ccc([C@H](NC(=O)NC2(C)CCOCC2)C(F)(F)F)cc1. The number of urea groups is 1. The van der Waals surface area contributed by atoms with Gasteiger partial charge in [0.05, 0.1) is 7.11 Å². The summed E-state index contributed by atoms with van der Waals surface area (Å²) < 4.78 is 50.1. The molecule has 5 nitrogen and oxygen atoms in total. The molecule has 2 N–H and O–H groups in total. The van der Waals surface area contributed by atoms with Gasteiger partial charge >= 0.3 is 12.2 Å². The maximum atomic E-state index is 13.3. The van der Waals surface area contributed by atoms with E-state index in [1.807, 2.05) is 5.32 Å². The summed E-state index contributed by atoms with van der Waals surface area (Å²) in [4.78, 5) is 12.1. The largest absolute Gasteiger partial charge is 0.497 e. The molecular weight excluding hydrogens is 325 g/mol. The Kier molecular flexibility index (Phi) is 5.58. The van der Waals surface area contributed by atoms with Crippen molar-refractivity contribution in [2.45, 2.75) is 37.5 Å². The molecule has 0 aromatic heterocycles. The highest BCUT2D eigenvalue weighted by Gasteiger charge is 2.42. The molecule has 0 unspecified atom stereocenters. The van der Waals surface area contributed by atoms with E-state index in [1.165, 1.54) is 31.4 Å². The molecule has 8 heteroatoms. The van der Waals surface area contributed by atoms with E-state index in [-0.39, 0.29) is 5.56 Å². The van der Waals surface area contributed by atoms with Gasteiger partial charge in [-0.1, -0.05) is 12.1 Å². The normalized spacial score (nSPS) is 18.5. The van der Waals surface area contributed by atoms with Crippen LogP contribution in [0.1, 0.15) is 31.4 Å². The number of hydrogen-bond donors (Lipinski definition) is 2. The third-order valence-corrected chi connectivity index (χ3v) is 4.06. The second-order valence-corrected chi connectivity index (χ2v) is 6.02. The number of nitrogens with one attached hydrogen (secondary N) is 2. The molecule has 1 aromatic carbocycles. The average Bonchev–Trinajstić information content (AvgIpc) is 2.52. The monoisotopic (exact) mass is 346 g/mol. The zero-order valence-corrected chi connectivity index (χ0v) is 13.6. The Hall–Kier alpha value is -1.96. The summed E-state index contributed by atoms with van der Waals surface area (Å²) in [6.45, 7) is 2.74. The molecule has 0 aliphatic carbocycles. The van der Waals surface area contributed by atoms with Crippen LogP contribution in [0.4, 0.5) is 18.0 Å². The van der Waals surface area contributed by atoms with Crippen molar-refractivity contribution in [3.63, 3.8) is 0 Å². The van der Waals surface area contributed by atoms with Crippen LogP contribution in [0.25, 0.3) is 0 Å². The highest BCUT2D eigenvalue weighted by molar-refractivity contribution is 5.75. The Labute approximate surface area is 138 Å². The third kappa shape index (κ3) is 4.77. The van der Waals surface area contributed by atoms with Gasteiger partial charge in [0.1, 0.15) is 5.75 Å². The van der Waals surface area contributed by atoms with Crippen molar-refractivity contribution < 1.29 is 27.4 Å². The summed E-state index contributed by atoms with van der Waals surface area (Å²) in [6, 6.07) is 2.48. The van der Waals surface area contributed by atoms with Crippen molar-refractivity contribution >= 4 is 6.03 Å². The van der Waals surface area contributed by atoms with Crippen molar-refractivity contribution in [3.05, 3.63) is 29.8 Å². The predicted molar refractivity (Wildman–Crippen MR) is 81.9 cm³/mol. The smallest absolute Gasteiger partial charge is 0.412 e. The van der Waals surface area contributed by atoms with Crippen LogP contribution in [0, 0.1) is 0 Å². The minimum Gasteiger partial charge on any atom is -0.497 e. The summed E-state index contributed by atoms with van der Waals surface area (Å²) in [7, 11) is 1.43. The van der Waals surface area contributed by atoms with Crippen molar-refractivity contribution in [1.29, 1.82) is 0 Å². The van der Waals surface area contributed by atoms with E-state index in [9.17, 15) is 18.0 Å². The lowest BCUT2D eigenvalue weighted by Crippen LogP contribution is -2.54. The third-order valence-electron chi connectivity index (χ3n) is 4.06. The summed E-state index contributed by atoms with van der Waals surface area (Å²) in [6.07, 6.45) is -3.50. The lowest BCUT2D eigenvalue weighted by atomic mass is 9.93. The number of benzene rings is 1. The van der Waals surface area contributed by atoms with Crippen LogP contribution in [-0.4, -0.2) is 38.1 Å². The number of rotatable bonds is 4. The zero-order chi connectivity index (χ0) is 17.8. The minimum atomic E-state index is -4.61. The highest BCUT2D eigenvalue weighted by Crippen LogP contribution is 2.33. The van der Waals surface area contributed by atoms with Crippen molar-refractivity contribution in [1.82, 2.24) is 10.6 Å². The molecule has 1 atom stereocenters. The maximum Gasteiger partial charge on any atom is 0.412 e. The van der Waals surface area contributed by atoms with Gasteiger partial charge in [0, 0.05) is 18.8 Å². The van der Waals surface area contributed by atoms with E-state index >= 15 is 0 Å². The van der Waals surface area contributed by atoms with E-state index in [0.717, 1.165) is 0 Å². The van der Waals surface area contributed by atoms with Crippen LogP contribution in [0.5, 0.6) is 5.75 Å². The van der Waals surface area contributed by atoms with E-state index in [4.69, 9.17) is 9.47 Å². The van der Waals surface area contributed by atoms with Gasteiger partial charge < -0.3 is 20.1 Å². The van der Waals surface area contributed by atoms with E-state index < -0.39 is 23.8 Å². The molecule has 24 heavy (non-hydrogen) atoms. The molecule has 1 aliphatic rings. The summed E-state index contributed by atoms with van der Waals surface area (Å²) >= 11 is 0. The molecule has 2 amide bonds. The lowest BCUT2D eigenvalue weighted by Gasteiger charge is -2.35. The van der Waals surface area contributed by atoms with Gasteiger partial charge in [0.25, 0.3) is 0 Å².